The number of nitrogens with zero attached hydrogens (tertiary/aromatic N) is 1. The molecule has 0 spiro atoms. The molecular formula is C14H18INO2. The molecule has 0 aliphatic heterocycles. The zero-order chi connectivity index (χ0) is 13.5. The Morgan fingerprint density at radius 1 is 1.28 bits per heavy atom. The molecule has 3 nitrogen and oxygen atoms in total. The molecule has 0 radical (unpaired) electrons. The highest BCUT2D eigenvalue weighted by atomic mass is 127. The third-order valence-corrected chi connectivity index (χ3v) is 3.18. The van der Waals surface area contributed by atoms with E-state index in [0.29, 0.717) is 11.0 Å². The van der Waals surface area contributed by atoms with E-state index >= 15 is 0 Å². The van der Waals surface area contributed by atoms with Crippen molar-refractivity contribution in [2.75, 3.05) is 17.6 Å². The number of carbonyl (C=O) groups is 1. The van der Waals surface area contributed by atoms with E-state index in [-0.39, 0.29) is 12.5 Å². The topological polar surface area (TPSA) is 40.5 Å². The second-order valence-corrected chi connectivity index (χ2v) is 4.88. The summed E-state index contributed by atoms with van der Waals surface area (Å²) in [5.74, 6) is 0.0182. The number of rotatable bonds is 5. The van der Waals surface area contributed by atoms with Crippen LogP contribution in [0.4, 0.5) is 0 Å². The SMILES string of the molecule is CC(C)=C(c1ccccc1)N(CCO)C(=O)CI. The lowest BCUT2D eigenvalue weighted by Gasteiger charge is -2.26. The van der Waals surface area contributed by atoms with Crippen molar-refractivity contribution in [1.82, 2.24) is 4.90 Å². The number of aliphatic hydroxyl groups excluding tert-OH is 1. The molecule has 1 amide bonds. The van der Waals surface area contributed by atoms with E-state index < -0.39 is 0 Å². The molecule has 0 atom stereocenters. The Morgan fingerprint density at radius 2 is 1.89 bits per heavy atom. The van der Waals surface area contributed by atoms with Crippen LogP contribution < -0.4 is 0 Å². The third kappa shape index (κ3) is 3.81. The Balaban J connectivity index is 3.19. The lowest BCUT2D eigenvalue weighted by molar-refractivity contribution is -0.125. The van der Waals surface area contributed by atoms with E-state index in [1.54, 1.807) is 4.90 Å². The number of allylic oxidation sites excluding steroid dienone is 1. The predicted octanol–water partition coefficient (Wildman–Crippen LogP) is 2.69. The normalized spacial score (nSPS) is 10.0. The largest absolute Gasteiger partial charge is 0.395 e. The number of alkyl halides is 1. The van der Waals surface area contributed by atoms with Crippen LogP contribution >= 0.6 is 22.6 Å². The summed E-state index contributed by atoms with van der Waals surface area (Å²) in [6, 6.07) is 9.80. The molecule has 0 saturated heterocycles. The first-order valence-electron chi connectivity index (χ1n) is 5.82. The second kappa shape index (κ2) is 7.53. The van der Waals surface area contributed by atoms with E-state index in [4.69, 9.17) is 5.11 Å². The Morgan fingerprint density at radius 3 is 2.33 bits per heavy atom. The zero-order valence-electron chi connectivity index (χ0n) is 10.7. The molecule has 0 fully saturated rings. The van der Waals surface area contributed by atoms with Crippen molar-refractivity contribution in [1.29, 1.82) is 0 Å². The van der Waals surface area contributed by atoms with Crippen LogP contribution in [0.25, 0.3) is 5.70 Å². The van der Waals surface area contributed by atoms with Crippen molar-refractivity contribution in [2.45, 2.75) is 13.8 Å². The summed E-state index contributed by atoms with van der Waals surface area (Å²) in [5.41, 5.74) is 2.96. The van der Waals surface area contributed by atoms with Gasteiger partial charge in [-0.1, -0.05) is 58.5 Å². The molecule has 0 aliphatic rings. The smallest absolute Gasteiger partial charge is 0.236 e. The van der Waals surface area contributed by atoms with E-state index in [2.05, 4.69) is 0 Å². The molecule has 0 unspecified atom stereocenters. The minimum absolute atomic E-state index is 0.0182. The van der Waals surface area contributed by atoms with Crippen molar-refractivity contribution < 1.29 is 9.90 Å². The first-order valence-corrected chi connectivity index (χ1v) is 7.34. The highest BCUT2D eigenvalue weighted by Gasteiger charge is 2.18. The Labute approximate surface area is 122 Å². The quantitative estimate of drug-likeness (QED) is 0.649. The van der Waals surface area contributed by atoms with Crippen LogP contribution in [-0.4, -0.2) is 33.5 Å². The summed E-state index contributed by atoms with van der Waals surface area (Å²) in [4.78, 5) is 13.7. The minimum atomic E-state index is -0.0357. The number of amides is 1. The van der Waals surface area contributed by atoms with Gasteiger partial charge in [-0.05, 0) is 19.4 Å². The first kappa shape index (κ1) is 15.2. The van der Waals surface area contributed by atoms with Crippen molar-refractivity contribution in [3.8, 4) is 0 Å². The fourth-order valence-corrected chi connectivity index (χ4v) is 2.26. The average Bonchev–Trinajstić information content (AvgIpc) is 2.38. The lowest BCUT2D eigenvalue weighted by Crippen LogP contribution is -2.33. The van der Waals surface area contributed by atoms with Crippen molar-refractivity contribution >= 4 is 34.2 Å². The van der Waals surface area contributed by atoms with Crippen molar-refractivity contribution in [2.24, 2.45) is 0 Å². The Kier molecular flexibility index (Phi) is 6.35. The Hall–Kier alpha value is -0.880. The van der Waals surface area contributed by atoms with E-state index in [1.165, 1.54) is 0 Å². The molecule has 18 heavy (non-hydrogen) atoms. The van der Waals surface area contributed by atoms with Gasteiger partial charge in [-0.25, -0.2) is 0 Å². The van der Waals surface area contributed by atoms with E-state index in [0.717, 1.165) is 16.8 Å². The summed E-state index contributed by atoms with van der Waals surface area (Å²) in [5, 5.41) is 9.14. The maximum absolute atomic E-state index is 12.0. The van der Waals surface area contributed by atoms with Crippen molar-refractivity contribution in [3.05, 3.63) is 41.5 Å². The highest BCUT2D eigenvalue weighted by molar-refractivity contribution is 14.1. The highest BCUT2D eigenvalue weighted by Crippen LogP contribution is 2.23. The molecule has 0 saturated carbocycles. The van der Waals surface area contributed by atoms with Gasteiger partial charge in [0.2, 0.25) is 5.91 Å². The standard InChI is InChI=1S/C14H18INO2/c1-11(2)14(12-6-4-3-5-7-12)16(8-9-17)13(18)10-15/h3-7,17H,8-10H2,1-2H3. The van der Waals surface area contributed by atoms with Gasteiger partial charge in [-0.2, -0.15) is 0 Å². The number of hydrogen-bond donors (Lipinski definition) is 1. The fraction of sp³-hybridized carbons (Fsp3) is 0.357. The number of halogens is 1. The molecule has 0 bridgehead atoms. The number of carbonyl (C=O) groups excluding carboxylic acids is 1. The third-order valence-electron chi connectivity index (χ3n) is 2.53. The second-order valence-electron chi connectivity index (χ2n) is 4.12. The zero-order valence-corrected chi connectivity index (χ0v) is 12.8. The number of benzene rings is 1. The minimum Gasteiger partial charge on any atom is -0.395 e. The van der Waals surface area contributed by atoms with Gasteiger partial charge < -0.3 is 10.0 Å². The summed E-state index contributed by atoms with van der Waals surface area (Å²) >= 11 is 2.05. The summed E-state index contributed by atoms with van der Waals surface area (Å²) in [7, 11) is 0. The first-order chi connectivity index (χ1) is 8.61. The van der Waals surface area contributed by atoms with Crippen molar-refractivity contribution in [3.63, 3.8) is 0 Å². The van der Waals surface area contributed by atoms with Crippen LogP contribution in [0.1, 0.15) is 19.4 Å². The van der Waals surface area contributed by atoms with Gasteiger partial charge in [0.05, 0.1) is 11.0 Å². The number of aliphatic hydroxyl groups is 1. The molecule has 4 heteroatoms. The molecule has 1 rings (SSSR count). The molecule has 98 valence electrons. The van der Waals surface area contributed by atoms with Gasteiger partial charge in [0.15, 0.2) is 0 Å². The van der Waals surface area contributed by atoms with Gasteiger partial charge >= 0.3 is 0 Å². The maximum atomic E-state index is 12.0. The fourth-order valence-electron chi connectivity index (χ4n) is 1.84. The van der Waals surface area contributed by atoms with Crippen LogP contribution in [-0.2, 0) is 4.79 Å². The molecule has 1 aromatic carbocycles. The van der Waals surface area contributed by atoms with Gasteiger partial charge in [-0.3, -0.25) is 4.79 Å². The summed E-state index contributed by atoms with van der Waals surface area (Å²) in [6.45, 7) is 4.25. The van der Waals surface area contributed by atoms with Crippen LogP contribution in [0.5, 0.6) is 0 Å². The molecular weight excluding hydrogens is 341 g/mol. The predicted molar refractivity (Wildman–Crippen MR) is 82.4 cm³/mol. The van der Waals surface area contributed by atoms with Crippen LogP contribution in [0.2, 0.25) is 0 Å². The van der Waals surface area contributed by atoms with Gasteiger partial charge in [0, 0.05) is 12.2 Å². The molecule has 1 N–H and O–H groups in total. The van der Waals surface area contributed by atoms with Crippen LogP contribution in [0.3, 0.4) is 0 Å². The van der Waals surface area contributed by atoms with Gasteiger partial charge in [0.1, 0.15) is 0 Å². The van der Waals surface area contributed by atoms with E-state index in [9.17, 15) is 4.79 Å². The Bertz CT molecular complexity index is 425. The van der Waals surface area contributed by atoms with E-state index in [1.807, 2.05) is 66.8 Å². The molecule has 0 aromatic heterocycles. The number of hydrogen-bond acceptors (Lipinski definition) is 2. The molecule has 1 aromatic rings. The monoisotopic (exact) mass is 359 g/mol. The molecule has 0 aliphatic carbocycles. The maximum Gasteiger partial charge on any atom is 0.236 e. The van der Waals surface area contributed by atoms with Crippen LogP contribution in [0, 0.1) is 0 Å². The summed E-state index contributed by atoms with van der Waals surface area (Å²) < 4.78 is 0.404. The van der Waals surface area contributed by atoms with Gasteiger partial charge in [-0.15, -0.1) is 0 Å². The average molecular weight is 359 g/mol. The molecule has 0 heterocycles. The van der Waals surface area contributed by atoms with Crippen LogP contribution in [0.15, 0.2) is 35.9 Å². The lowest BCUT2D eigenvalue weighted by atomic mass is 10.1. The summed E-state index contributed by atoms with van der Waals surface area (Å²) in [6.07, 6.45) is 0. The van der Waals surface area contributed by atoms with Gasteiger partial charge in [0.25, 0.3) is 0 Å².